The van der Waals surface area contributed by atoms with E-state index >= 15 is 0 Å². The summed E-state index contributed by atoms with van der Waals surface area (Å²) in [5.74, 6) is 0.891. The summed E-state index contributed by atoms with van der Waals surface area (Å²) in [5.41, 5.74) is 7.51. The molecule has 0 aliphatic carbocycles. The number of aromatic nitrogens is 2. The summed E-state index contributed by atoms with van der Waals surface area (Å²) in [6.45, 7) is 5.36. The van der Waals surface area contributed by atoms with E-state index in [1.165, 1.54) is 0 Å². The van der Waals surface area contributed by atoms with Crippen LogP contribution in [0.3, 0.4) is 0 Å². The summed E-state index contributed by atoms with van der Waals surface area (Å²) in [6, 6.07) is 0. The Balaban J connectivity index is 2.35. The number of aryl methyl sites for hydroxylation is 2. The molecule has 6 nitrogen and oxygen atoms in total. The molecule has 0 amide bonds. The maximum absolute atomic E-state index is 5.92. The van der Waals surface area contributed by atoms with E-state index in [1.54, 1.807) is 11.8 Å². The second-order valence-electron chi connectivity index (χ2n) is 4.19. The Hall–Kier alpha value is -1.27. The van der Waals surface area contributed by atoms with Crippen molar-refractivity contribution >= 4 is 11.5 Å². The predicted octanol–water partition coefficient (Wildman–Crippen LogP) is 0.301. The Bertz CT molecular complexity index is 350. The largest absolute Gasteiger partial charge is 0.394 e. The zero-order chi connectivity index (χ0) is 12.8. The van der Waals surface area contributed by atoms with Gasteiger partial charge in [0, 0.05) is 33.8 Å². The zero-order valence-corrected chi connectivity index (χ0v) is 11.2. The fourth-order valence-corrected chi connectivity index (χ4v) is 1.61. The van der Waals surface area contributed by atoms with E-state index in [2.05, 4.69) is 22.4 Å². The topological polar surface area (TPSA) is 68.3 Å². The minimum atomic E-state index is 0.729. The molecular weight excluding hydrogens is 218 g/mol. The van der Waals surface area contributed by atoms with Crippen LogP contribution >= 0.6 is 0 Å². The first-order valence-corrected chi connectivity index (χ1v) is 5.76. The van der Waals surface area contributed by atoms with E-state index in [9.17, 15) is 0 Å². The molecule has 98 valence electrons. The molecule has 1 heterocycles. The Labute approximate surface area is 103 Å². The van der Waals surface area contributed by atoms with Crippen molar-refractivity contribution in [1.82, 2.24) is 14.7 Å². The van der Waals surface area contributed by atoms with Gasteiger partial charge in [0.25, 0.3) is 0 Å². The number of hydrogen-bond acceptors (Lipinski definition) is 5. The summed E-state index contributed by atoms with van der Waals surface area (Å²) in [4.78, 5) is 2.20. The molecule has 3 N–H and O–H groups in total. The highest BCUT2D eigenvalue weighted by Gasteiger charge is 2.09. The Morgan fingerprint density at radius 1 is 1.47 bits per heavy atom. The summed E-state index contributed by atoms with van der Waals surface area (Å²) in [6.07, 6.45) is 0. The molecule has 0 aliphatic rings. The van der Waals surface area contributed by atoms with E-state index in [0.29, 0.717) is 0 Å². The highest BCUT2D eigenvalue weighted by atomic mass is 16.5. The number of rotatable bonds is 7. The number of nitrogen functional groups attached to an aromatic ring is 1. The minimum Gasteiger partial charge on any atom is -0.394 e. The van der Waals surface area contributed by atoms with Crippen molar-refractivity contribution < 1.29 is 4.74 Å². The third-order valence-corrected chi connectivity index (χ3v) is 2.73. The van der Waals surface area contributed by atoms with Gasteiger partial charge in [0.05, 0.1) is 18.0 Å². The quantitative estimate of drug-likeness (QED) is 0.718. The molecule has 0 atom stereocenters. The van der Waals surface area contributed by atoms with Crippen LogP contribution in [0.25, 0.3) is 0 Å². The molecule has 0 aliphatic heterocycles. The smallest absolute Gasteiger partial charge is 0.147 e. The summed E-state index contributed by atoms with van der Waals surface area (Å²) in [7, 11) is 5.67. The number of ether oxygens (including phenoxy) is 1. The van der Waals surface area contributed by atoms with Crippen molar-refractivity contribution in [2.75, 3.05) is 51.4 Å². The van der Waals surface area contributed by atoms with E-state index in [0.717, 1.165) is 43.4 Å². The minimum absolute atomic E-state index is 0.729. The van der Waals surface area contributed by atoms with Gasteiger partial charge in [-0.2, -0.15) is 5.10 Å². The molecular formula is C11H23N5O. The lowest BCUT2D eigenvalue weighted by Gasteiger charge is -2.16. The fourth-order valence-electron chi connectivity index (χ4n) is 1.61. The molecule has 0 spiro atoms. The van der Waals surface area contributed by atoms with Crippen molar-refractivity contribution in [3.8, 4) is 0 Å². The number of nitrogens with two attached hydrogens (primary N) is 1. The lowest BCUT2D eigenvalue weighted by atomic mass is 10.4. The molecule has 1 rings (SSSR count). The summed E-state index contributed by atoms with van der Waals surface area (Å²) < 4.78 is 6.80. The van der Waals surface area contributed by atoms with Crippen LogP contribution in [0, 0.1) is 6.92 Å². The van der Waals surface area contributed by atoms with Gasteiger partial charge in [-0.15, -0.1) is 0 Å². The number of likely N-dealkylation sites (N-methyl/N-ethyl adjacent to an activating group) is 1. The first-order chi connectivity index (χ1) is 8.06. The maximum Gasteiger partial charge on any atom is 0.147 e. The van der Waals surface area contributed by atoms with Gasteiger partial charge >= 0.3 is 0 Å². The van der Waals surface area contributed by atoms with Gasteiger partial charge in [-0.1, -0.05) is 0 Å². The van der Waals surface area contributed by atoms with E-state index < -0.39 is 0 Å². The first-order valence-electron chi connectivity index (χ1n) is 5.76. The Morgan fingerprint density at radius 2 is 2.18 bits per heavy atom. The molecule has 1 aromatic rings. The van der Waals surface area contributed by atoms with Crippen molar-refractivity contribution in [1.29, 1.82) is 0 Å². The average Bonchev–Trinajstić information content (AvgIpc) is 2.53. The van der Waals surface area contributed by atoms with Crippen LogP contribution in [-0.2, 0) is 11.8 Å². The monoisotopic (exact) mass is 241 g/mol. The van der Waals surface area contributed by atoms with Crippen LogP contribution in [0.15, 0.2) is 0 Å². The second kappa shape index (κ2) is 6.46. The predicted molar refractivity (Wildman–Crippen MR) is 70.2 cm³/mol. The van der Waals surface area contributed by atoms with Gasteiger partial charge in [0.1, 0.15) is 5.82 Å². The van der Waals surface area contributed by atoms with Crippen molar-refractivity contribution in [2.24, 2.45) is 7.05 Å². The SMILES string of the molecule is COCCN(C)CCNc1c(N)c(C)nn1C. The molecule has 0 bridgehead atoms. The number of hydrogen-bond donors (Lipinski definition) is 2. The van der Waals surface area contributed by atoms with E-state index in [4.69, 9.17) is 10.5 Å². The van der Waals surface area contributed by atoms with Gasteiger partial charge in [-0.3, -0.25) is 4.68 Å². The van der Waals surface area contributed by atoms with Crippen LogP contribution in [0.2, 0.25) is 0 Å². The molecule has 0 saturated heterocycles. The average molecular weight is 241 g/mol. The Kier molecular flexibility index (Phi) is 5.24. The number of nitrogens with one attached hydrogen (secondary N) is 1. The van der Waals surface area contributed by atoms with Crippen molar-refractivity contribution in [3.63, 3.8) is 0 Å². The van der Waals surface area contributed by atoms with Crippen molar-refractivity contribution in [3.05, 3.63) is 5.69 Å². The summed E-state index contributed by atoms with van der Waals surface area (Å²) in [5, 5.41) is 7.56. The van der Waals surface area contributed by atoms with Crippen LogP contribution in [0.4, 0.5) is 11.5 Å². The lowest BCUT2D eigenvalue weighted by Crippen LogP contribution is -2.28. The van der Waals surface area contributed by atoms with Gasteiger partial charge in [-0.05, 0) is 14.0 Å². The van der Waals surface area contributed by atoms with Crippen LogP contribution in [0.1, 0.15) is 5.69 Å². The molecule has 0 radical (unpaired) electrons. The van der Waals surface area contributed by atoms with Gasteiger partial charge < -0.3 is 20.7 Å². The van der Waals surface area contributed by atoms with E-state index in [1.807, 2.05) is 14.0 Å². The number of nitrogens with zero attached hydrogens (tertiary/aromatic N) is 3. The van der Waals surface area contributed by atoms with Gasteiger partial charge in [0.2, 0.25) is 0 Å². The first kappa shape index (κ1) is 13.8. The van der Waals surface area contributed by atoms with Crippen molar-refractivity contribution in [2.45, 2.75) is 6.92 Å². The molecule has 6 heteroatoms. The van der Waals surface area contributed by atoms with Gasteiger partial charge in [0.15, 0.2) is 0 Å². The molecule has 0 unspecified atom stereocenters. The van der Waals surface area contributed by atoms with Crippen LogP contribution in [-0.4, -0.2) is 55.1 Å². The fraction of sp³-hybridized carbons (Fsp3) is 0.727. The Morgan fingerprint density at radius 3 is 2.71 bits per heavy atom. The highest BCUT2D eigenvalue weighted by molar-refractivity contribution is 5.64. The molecule has 17 heavy (non-hydrogen) atoms. The number of methoxy groups -OCH3 is 1. The lowest BCUT2D eigenvalue weighted by molar-refractivity contribution is 0.163. The molecule has 1 aromatic heterocycles. The standard InChI is InChI=1S/C11H23N5O/c1-9-10(12)11(16(3)14-9)13-5-6-15(2)7-8-17-4/h13H,5-8,12H2,1-4H3. The molecule has 0 aromatic carbocycles. The molecule has 0 fully saturated rings. The van der Waals surface area contributed by atoms with Crippen LogP contribution < -0.4 is 11.1 Å². The highest BCUT2D eigenvalue weighted by Crippen LogP contribution is 2.20. The normalized spacial score (nSPS) is 11.1. The maximum atomic E-state index is 5.92. The third kappa shape index (κ3) is 3.90. The third-order valence-electron chi connectivity index (χ3n) is 2.73. The van der Waals surface area contributed by atoms with E-state index in [-0.39, 0.29) is 0 Å². The molecule has 0 saturated carbocycles. The number of anilines is 2. The zero-order valence-electron chi connectivity index (χ0n) is 11.2. The second-order valence-corrected chi connectivity index (χ2v) is 4.19. The van der Waals surface area contributed by atoms with Gasteiger partial charge in [-0.25, -0.2) is 0 Å². The van der Waals surface area contributed by atoms with Crippen LogP contribution in [0.5, 0.6) is 0 Å². The summed E-state index contributed by atoms with van der Waals surface area (Å²) >= 11 is 0.